The van der Waals surface area contributed by atoms with Crippen LogP contribution in [0, 0.1) is 0 Å². The highest BCUT2D eigenvalue weighted by molar-refractivity contribution is 6.07. The number of primary amides is 1. The van der Waals surface area contributed by atoms with Crippen molar-refractivity contribution in [2.45, 2.75) is 31.7 Å². The second kappa shape index (κ2) is 11.8. The summed E-state index contributed by atoms with van der Waals surface area (Å²) < 4.78 is 0. The van der Waals surface area contributed by atoms with Gasteiger partial charge in [0.05, 0.1) is 17.1 Å². The Labute approximate surface area is 222 Å². The number of hydrogen-bond donors (Lipinski definition) is 3. The topological polar surface area (TPSA) is 113 Å². The first-order valence-electron chi connectivity index (χ1n) is 13.1. The maximum absolute atomic E-state index is 12.8. The molecule has 1 atom stereocenters. The third kappa shape index (κ3) is 5.98. The molecule has 194 valence electrons. The van der Waals surface area contributed by atoms with Crippen LogP contribution in [0.25, 0.3) is 10.9 Å². The Morgan fingerprint density at radius 2 is 1.71 bits per heavy atom. The number of hydrogen-bond acceptors (Lipinski definition) is 6. The molecule has 3 aromatic carbocycles. The predicted octanol–water partition coefficient (Wildman–Crippen LogP) is 5.01. The number of rotatable bonds is 9. The summed E-state index contributed by atoms with van der Waals surface area (Å²) in [7, 11) is 0. The molecular weight excluding hydrogens is 476 g/mol. The summed E-state index contributed by atoms with van der Waals surface area (Å²) in [5, 5.41) is 7.37. The van der Waals surface area contributed by atoms with Gasteiger partial charge < -0.3 is 21.3 Å². The SMILES string of the molecule is NC(=O)c1cccc2c(NC(CCN3CCCCC3)c3cccc(NC(=O)c4ccccc4)c3)ncnc12. The number of carbonyl (C=O) groups excluding carboxylic acids is 2. The number of benzene rings is 3. The van der Waals surface area contributed by atoms with Gasteiger partial charge in [0.25, 0.3) is 11.8 Å². The van der Waals surface area contributed by atoms with Gasteiger partial charge in [-0.2, -0.15) is 0 Å². The number of nitrogens with zero attached hydrogens (tertiary/aromatic N) is 3. The van der Waals surface area contributed by atoms with Crippen LogP contribution in [0.3, 0.4) is 0 Å². The van der Waals surface area contributed by atoms with Crippen LogP contribution in [0.15, 0.2) is 79.1 Å². The van der Waals surface area contributed by atoms with Crippen molar-refractivity contribution >= 4 is 34.2 Å². The lowest BCUT2D eigenvalue weighted by Crippen LogP contribution is -2.32. The molecule has 1 fully saturated rings. The third-order valence-corrected chi connectivity index (χ3v) is 7.01. The fourth-order valence-electron chi connectivity index (χ4n) is 5.01. The zero-order chi connectivity index (χ0) is 26.3. The van der Waals surface area contributed by atoms with E-state index in [0.29, 0.717) is 22.5 Å². The van der Waals surface area contributed by atoms with E-state index in [-0.39, 0.29) is 11.9 Å². The quantitative estimate of drug-likeness (QED) is 0.293. The second-order valence-electron chi connectivity index (χ2n) is 9.62. The molecule has 4 aromatic rings. The Kier molecular flexibility index (Phi) is 7.89. The fraction of sp³-hybridized carbons (Fsp3) is 0.267. The average molecular weight is 509 g/mol. The van der Waals surface area contributed by atoms with Crippen LogP contribution in [0.1, 0.15) is 58.0 Å². The number of nitrogens with one attached hydrogen (secondary N) is 2. The summed E-state index contributed by atoms with van der Waals surface area (Å²) in [5.74, 6) is -0.0365. The van der Waals surface area contributed by atoms with Crippen molar-refractivity contribution in [3.05, 3.63) is 95.8 Å². The minimum absolute atomic E-state index is 0.0826. The number of fused-ring (bicyclic) bond motifs is 1. The first-order valence-corrected chi connectivity index (χ1v) is 13.1. The predicted molar refractivity (Wildman–Crippen MR) is 150 cm³/mol. The van der Waals surface area contributed by atoms with Crippen LogP contribution in [-0.2, 0) is 0 Å². The summed E-state index contributed by atoms with van der Waals surface area (Å²) >= 11 is 0. The Hall–Kier alpha value is -4.30. The maximum atomic E-state index is 12.8. The minimum atomic E-state index is -0.524. The summed E-state index contributed by atoms with van der Waals surface area (Å²) in [6.07, 6.45) is 6.04. The Bertz CT molecular complexity index is 1420. The second-order valence-corrected chi connectivity index (χ2v) is 9.62. The summed E-state index contributed by atoms with van der Waals surface area (Å²) in [4.78, 5) is 36.1. The number of carbonyl (C=O) groups is 2. The zero-order valence-corrected chi connectivity index (χ0v) is 21.3. The Balaban J connectivity index is 1.43. The highest BCUT2D eigenvalue weighted by Crippen LogP contribution is 2.29. The molecule has 1 aliphatic rings. The van der Waals surface area contributed by atoms with Gasteiger partial charge >= 0.3 is 0 Å². The molecule has 0 radical (unpaired) electrons. The molecule has 1 aliphatic heterocycles. The van der Waals surface area contributed by atoms with E-state index in [2.05, 4.69) is 31.6 Å². The van der Waals surface area contributed by atoms with Gasteiger partial charge in [0, 0.05) is 23.2 Å². The number of anilines is 2. The van der Waals surface area contributed by atoms with Gasteiger partial charge in [-0.05, 0) is 74.3 Å². The first kappa shape index (κ1) is 25.4. The molecule has 8 heteroatoms. The molecule has 8 nitrogen and oxygen atoms in total. The highest BCUT2D eigenvalue weighted by Gasteiger charge is 2.19. The van der Waals surface area contributed by atoms with Crippen molar-refractivity contribution < 1.29 is 9.59 Å². The van der Waals surface area contributed by atoms with Gasteiger partial charge in [-0.1, -0.05) is 42.8 Å². The number of aromatic nitrogens is 2. The minimum Gasteiger partial charge on any atom is -0.366 e. The van der Waals surface area contributed by atoms with Crippen molar-refractivity contribution in [2.75, 3.05) is 30.3 Å². The lowest BCUT2D eigenvalue weighted by Gasteiger charge is -2.29. The molecule has 2 amide bonds. The maximum Gasteiger partial charge on any atom is 0.255 e. The molecule has 1 saturated heterocycles. The lowest BCUT2D eigenvalue weighted by atomic mass is 10.0. The van der Waals surface area contributed by atoms with Crippen molar-refractivity contribution in [1.29, 1.82) is 0 Å². The van der Waals surface area contributed by atoms with Crippen LogP contribution in [0.2, 0.25) is 0 Å². The van der Waals surface area contributed by atoms with Crippen molar-refractivity contribution in [1.82, 2.24) is 14.9 Å². The number of para-hydroxylation sites is 1. The number of likely N-dealkylation sites (tertiary alicyclic amines) is 1. The highest BCUT2D eigenvalue weighted by atomic mass is 16.2. The molecule has 0 aliphatic carbocycles. The van der Waals surface area contributed by atoms with Gasteiger partial charge in [0.2, 0.25) is 0 Å². The third-order valence-electron chi connectivity index (χ3n) is 7.01. The van der Waals surface area contributed by atoms with E-state index in [0.717, 1.165) is 42.7 Å². The first-order chi connectivity index (χ1) is 18.6. The summed E-state index contributed by atoms with van der Waals surface area (Å²) in [6, 6.07) is 22.4. The van der Waals surface area contributed by atoms with Crippen LogP contribution >= 0.6 is 0 Å². The van der Waals surface area contributed by atoms with E-state index in [1.165, 1.54) is 25.6 Å². The number of piperidine rings is 1. The largest absolute Gasteiger partial charge is 0.366 e. The van der Waals surface area contributed by atoms with Crippen LogP contribution in [0.5, 0.6) is 0 Å². The van der Waals surface area contributed by atoms with Crippen LogP contribution < -0.4 is 16.4 Å². The molecule has 5 rings (SSSR count). The summed E-state index contributed by atoms with van der Waals surface area (Å²) in [6.45, 7) is 3.16. The molecule has 1 unspecified atom stereocenters. The molecule has 38 heavy (non-hydrogen) atoms. The molecule has 1 aromatic heterocycles. The van der Waals surface area contributed by atoms with E-state index < -0.39 is 5.91 Å². The van der Waals surface area contributed by atoms with E-state index in [1.807, 2.05) is 42.5 Å². The van der Waals surface area contributed by atoms with Crippen molar-refractivity contribution in [2.24, 2.45) is 5.73 Å². The average Bonchev–Trinajstić information content (AvgIpc) is 2.96. The number of amides is 2. The van der Waals surface area contributed by atoms with E-state index >= 15 is 0 Å². The molecular formula is C30H32N6O2. The van der Waals surface area contributed by atoms with Gasteiger partial charge in [0.1, 0.15) is 12.1 Å². The van der Waals surface area contributed by atoms with E-state index in [1.54, 1.807) is 24.3 Å². The standard InChI is InChI=1S/C30H32N6O2/c31-28(37)24-13-8-14-25-27(24)32-20-33-29(25)35-26(15-18-36-16-5-2-6-17-36)22-11-7-12-23(19-22)34-30(38)21-9-3-1-4-10-21/h1,3-4,7-14,19-20,26H,2,5-6,15-18H2,(H2,31,37)(H,34,38)(H,32,33,35). The van der Waals surface area contributed by atoms with Crippen molar-refractivity contribution in [3.8, 4) is 0 Å². The normalized spacial score (nSPS) is 14.6. The zero-order valence-electron chi connectivity index (χ0n) is 21.3. The lowest BCUT2D eigenvalue weighted by molar-refractivity contribution is 0.0998. The van der Waals surface area contributed by atoms with Gasteiger partial charge in [-0.3, -0.25) is 9.59 Å². The Morgan fingerprint density at radius 3 is 2.50 bits per heavy atom. The molecule has 0 spiro atoms. The van der Waals surface area contributed by atoms with E-state index in [4.69, 9.17) is 5.73 Å². The summed E-state index contributed by atoms with van der Waals surface area (Å²) in [5.41, 5.74) is 8.85. The monoisotopic (exact) mass is 508 g/mol. The van der Waals surface area contributed by atoms with Crippen LogP contribution in [-0.4, -0.2) is 46.3 Å². The van der Waals surface area contributed by atoms with Gasteiger partial charge in [0.15, 0.2) is 0 Å². The Morgan fingerprint density at radius 1 is 0.921 bits per heavy atom. The van der Waals surface area contributed by atoms with E-state index in [9.17, 15) is 9.59 Å². The molecule has 2 heterocycles. The smallest absolute Gasteiger partial charge is 0.255 e. The molecule has 0 saturated carbocycles. The van der Waals surface area contributed by atoms with Gasteiger partial charge in [-0.25, -0.2) is 9.97 Å². The molecule has 0 bridgehead atoms. The van der Waals surface area contributed by atoms with Gasteiger partial charge in [-0.15, -0.1) is 0 Å². The number of nitrogens with two attached hydrogens (primary N) is 1. The molecule has 4 N–H and O–H groups in total. The van der Waals surface area contributed by atoms with Crippen molar-refractivity contribution in [3.63, 3.8) is 0 Å². The fourth-order valence-corrected chi connectivity index (χ4v) is 5.01. The van der Waals surface area contributed by atoms with Crippen LogP contribution in [0.4, 0.5) is 11.5 Å².